The molecule has 2 aromatic rings. The lowest BCUT2D eigenvalue weighted by atomic mass is 9.88. The van der Waals surface area contributed by atoms with E-state index in [1.165, 1.54) is 0 Å². The second kappa shape index (κ2) is 7.31. The van der Waals surface area contributed by atoms with Crippen LogP contribution in [0.15, 0.2) is 48.5 Å². The highest BCUT2D eigenvalue weighted by Crippen LogP contribution is 2.34. The third-order valence-corrected chi connectivity index (χ3v) is 5.23. The maximum Gasteiger partial charge on any atom is 0.231 e. The van der Waals surface area contributed by atoms with Crippen LogP contribution in [-0.4, -0.2) is 36.6 Å². The summed E-state index contributed by atoms with van der Waals surface area (Å²) in [6.07, 6.45) is 0. The number of amides is 2. The Labute approximate surface area is 158 Å². The molecule has 1 N–H and O–H groups in total. The predicted molar refractivity (Wildman–Crippen MR) is 99.3 cm³/mol. The molecule has 2 heterocycles. The Morgan fingerprint density at radius 2 is 1.85 bits per heavy atom. The number of rotatable bonds is 4. The van der Waals surface area contributed by atoms with Crippen LogP contribution in [0.5, 0.6) is 11.5 Å². The van der Waals surface area contributed by atoms with Crippen molar-refractivity contribution in [2.75, 3.05) is 19.9 Å². The van der Waals surface area contributed by atoms with Crippen LogP contribution < -0.4 is 14.8 Å². The molecule has 0 saturated carbocycles. The largest absolute Gasteiger partial charge is 0.454 e. The molecule has 1 fully saturated rings. The van der Waals surface area contributed by atoms with E-state index in [1.807, 2.05) is 48.5 Å². The molecule has 0 aromatic heterocycles. The molecule has 4 rings (SSSR count). The number of likely N-dealkylation sites (tertiary alicyclic amines) is 1. The minimum atomic E-state index is -0.259. The fourth-order valence-electron chi connectivity index (χ4n) is 3.74. The van der Waals surface area contributed by atoms with E-state index in [9.17, 15) is 9.59 Å². The van der Waals surface area contributed by atoms with Gasteiger partial charge in [-0.1, -0.05) is 36.4 Å². The lowest BCUT2D eigenvalue weighted by Crippen LogP contribution is -2.34. The molecule has 2 amide bonds. The van der Waals surface area contributed by atoms with E-state index in [0.29, 0.717) is 25.4 Å². The number of nitrogens with zero attached hydrogens (tertiary/aromatic N) is 1. The van der Waals surface area contributed by atoms with Crippen LogP contribution in [0.4, 0.5) is 0 Å². The first-order valence-electron chi connectivity index (χ1n) is 9.08. The number of hydrogen-bond donors (Lipinski definition) is 1. The van der Waals surface area contributed by atoms with Crippen molar-refractivity contribution >= 4 is 11.8 Å². The molecule has 6 heteroatoms. The van der Waals surface area contributed by atoms with Gasteiger partial charge in [0.1, 0.15) is 0 Å². The molecule has 2 unspecified atom stereocenters. The number of ether oxygens (including phenoxy) is 2. The zero-order valence-corrected chi connectivity index (χ0v) is 15.2. The molecule has 0 aliphatic carbocycles. The average molecular weight is 366 g/mol. The van der Waals surface area contributed by atoms with Gasteiger partial charge in [0.25, 0.3) is 0 Å². The molecule has 27 heavy (non-hydrogen) atoms. The van der Waals surface area contributed by atoms with Crippen molar-refractivity contribution in [3.8, 4) is 11.5 Å². The Morgan fingerprint density at radius 3 is 2.63 bits per heavy atom. The maximum absolute atomic E-state index is 12.9. The predicted octanol–water partition coefficient (Wildman–Crippen LogP) is 2.29. The van der Waals surface area contributed by atoms with Crippen molar-refractivity contribution < 1.29 is 19.1 Å². The lowest BCUT2D eigenvalue weighted by molar-refractivity contribution is -0.128. The van der Waals surface area contributed by atoms with E-state index in [4.69, 9.17) is 9.47 Å². The van der Waals surface area contributed by atoms with E-state index in [1.54, 1.807) is 11.8 Å². The van der Waals surface area contributed by atoms with Gasteiger partial charge in [0.05, 0.1) is 5.92 Å². The van der Waals surface area contributed by atoms with Gasteiger partial charge in [-0.05, 0) is 23.3 Å². The Kier molecular flexibility index (Phi) is 4.71. The molecule has 0 bridgehead atoms. The van der Waals surface area contributed by atoms with Crippen molar-refractivity contribution in [1.29, 1.82) is 0 Å². The minimum Gasteiger partial charge on any atom is -0.454 e. The number of carbonyl (C=O) groups excluding carboxylic acids is 2. The highest BCUT2D eigenvalue weighted by molar-refractivity contribution is 5.82. The molecular formula is C21H22N2O4. The molecule has 2 aliphatic rings. The number of benzene rings is 2. The molecule has 2 aromatic carbocycles. The minimum absolute atomic E-state index is 0.00185. The number of nitrogens with one attached hydrogen (secondary N) is 1. The standard InChI is InChI=1S/C21H22N2O4/c1-14(24)23-11-17(16-5-3-2-4-6-16)18(12-23)21(25)22-10-15-7-8-19-20(9-15)27-13-26-19/h2-9,17-18H,10-13H2,1H3,(H,22,25). The molecule has 2 atom stereocenters. The summed E-state index contributed by atoms with van der Waals surface area (Å²) in [5.74, 6) is 1.14. The second-order valence-corrected chi connectivity index (χ2v) is 6.95. The zero-order chi connectivity index (χ0) is 18.8. The number of hydrogen-bond acceptors (Lipinski definition) is 4. The Bertz CT molecular complexity index is 853. The van der Waals surface area contributed by atoms with Crippen LogP contribution >= 0.6 is 0 Å². The Hall–Kier alpha value is -3.02. The summed E-state index contributed by atoms with van der Waals surface area (Å²) in [5, 5.41) is 3.02. The molecule has 2 aliphatic heterocycles. The fraction of sp³-hybridized carbons (Fsp3) is 0.333. The van der Waals surface area contributed by atoms with E-state index in [-0.39, 0.29) is 30.4 Å². The Balaban J connectivity index is 1.46. The van der Waals surface area contributed by atoms with Gasteiger partial charge in [-0.2, -0.15) is 0 Å². The van der Waals surface area contributed by atoms with Gasteiger partial charge >= 0.3 is 0 Å². The molecule has 140 valence electrons. The molecule has 6 nitrogen and oxygen atoms in total. The quantitative estimate of drug-likeness (QED) is 0.902. The maximum atomic E-state index is 12.9. The first kappa shape index (κ1) is 17.4. The Morgan fingerprint density at radius 1 is 1.07 bits per heavy atom. The van der Waals surface area contributed by atoms with Gasteiger partial charge in [-0.15, -0.1) is 0 Å². The van der Waals surface area contributed by atoms with Crippen LogP contribution in [0, 0.1) is 5.92 Å². The summed E-state index contributed by atoms with van der Waals surface area (Å²) < 4.78 is 10.7. The van der Waals surface area contributed by atoms with Crippen molar-refractivity contribution in [2.45, 2.75) is 19.4 Å². The van der Waals surface area contributed by atoms with Gasteiger partial charge in [-0.3, -0.25) is 9.59 Å². The zero-order valence-electron chi connectivity index (χ0n) is 15.2. The third-order valence-electron chi connectivity index (χ3n) is 5.23. The van der Waals surface area contributed by atoms with E-state index in [0.717, 1.165) is 16.9 Å². The van der Waals surface area contributed by atoms with Crippen LogP contribution in [-0.2, 0) is 16.1 Å². The topological polar surface area (TPSA) is 67.9 Å². The number of fused-ring (bicyclic) bond motifs is 1. The average Bonchev–Trinajstić information content (AvgIpc) is 3.33. The van der Waals surface area contributed by atoms with Crippen LogP contribution in [0.25, 0.3) is 0 Å². The SMILES string of the molecule is CC(=O)N1CC(C(=O)NCc2ccc3c(c2)OCO3)C(c2ccccc2)C1. The molecule has 1 saturated heterocycles. The van der Waals surface area contributed by atoms with Gasteiger partial charge in [-0.25, -0.2) is 0 Å². The summed E-state index contributed by atoms with van der Waals surface area (Å²) >= 11 is 0. The van der Waals surface area contributed by atoms with Gasteiger partial charge in [0.15, 0.2) is 11.5 Å². The van der Waals surface area contributed by atoms with E-state index in [2.05, 4.69) is 5.32 Å². The van der Waals surface area contributed by atoms with Crippen molar-refractivity contribution in [1.82, 2.24) is 10.2 Å². The van der Waals surface area contributed by atoms with Crippen LogP contribution in [0.3, 0.4) is 0 Å². The van der Waals surface area contributed by atoms with Crippen molar-refractivity contribution in [2.24, 2.45) is 5.92 Å². The molecule has 0 radical (unpaired) electrons. The van der Waals surface area contributed by atoms with E-state index < -0.39 is 0 Å². The smallest absolute Gasteiger partial charge is 0.231 e. The monoisotopic (exact) mass is 366 g/mol. The highest BCUT2D eigenvalue weighted by Gasteiger charge is 2.39. The summed E-state index contributed by atoms with van der Waals surface area (Å²) in [6, 6.07) is 15.6. The highest BCUT2D eigenvalue weighted by atomic mass is 16.7. The van der Waals surface area contributed by atoms with Gasteiger partial charge in [0.2, 0.25) is 18.6 Å². The first-order valence-corrected chi connectivity index (χ1v) is 9.08. The fourth-order valence-corrected chi connectivity index (χ4v) is 3.74. The van der Waals surface area contributed by atoms with Crippen molar-refractivity contribution in [3.63, 3.8) is 0 Å². The van der Waals surface area contributed by atoms with E-state index >= 15 is 0 Å². The summed E-state index contributed by atoms with van der Waals surface area (Å²) in [6.45, 7) is 3.21. The summed E-state index contributed by atoms with van der Waals surface area (Å²) in [4.78, 5) is 26.5. The summed E-state index contributed by atoms with van der Waals surface area (Å²) in [5.41, 5.74) is 2.04. The van der Waals surface area contributed by atoms with Gasteiger partial charge in [0, 0.05) is 32.5 Å². The molecule has 0 spiro atoms. The first-order chi connectivity index (χ1) is 13.1. The van der Waals surface area contributed by atoms with Crippen molar-refractivity contribution in [3.05, 3.63) is 59.7 Å². The third kappa shape index (κ3) is 3.60. The normalized spacial score (nSPS) is 20.6. The lowest BCUT2D eigenvalue weighted by Gasteiger charge is -2.18. The molecular weight excluding hydrogens is 344 g/mol. The van der Waals surface area contributed by atoms with Crippen LogP contribution in [0.1, 0.15) is 24.0 Å². The second-order valence-electron chi connectivity index (χ2n) is 6.95. The van der Waals surface area contributed by atoms with Gasteiger partial charge < -0.3 is 19.7 Å². The van der Waals surface area contributed by atoms with Crippen LogP contribution in [0.2, 0.25) is 0 Å². The summed E-state index contributed by atoms with van der Waals surface area (Å²) in [7, 11) is 0. The number of carbonyl (C=O) groups is 2.